The number of hydrogen-bond acceptors (Lipinski definition) is 4. The summed E-state index contributed by atoms with van der Waals surface area (Å²) >= 11 is 0. The zero-order valence-corrected chi connectivity index (χ0v) is 14.2. The van der Waals surface area contributed by atoms with Crippen LogP contribution in [0.2, 0.25) is 0 Å². The second-order valence-electron chi connectivity index (χ2n) is 6.79. The molecule has 0 N–H and O–H groups in total. The van der Waals surface area contributed by atoms with Crippen molar-refractivity contribution in [2.75, 3.05) is 20.3 Å². The van der Waals surface area contributed by atoms with Crippen molar-refractivity contribution in [2.24, 2.45) is 5.92 Å². The highest BCUT2D eigenvalue weighted by molar-refractivity contribution is 5.95. The number of hydrogen-bond donors (Lipinski definition) is 0. The van der Waals surface area contributed by atoms with Gasteiger partial charge in [0, 0.05) is 20.2 Å². The molecule has 1 amide bonds. The van der Waals surface area contributed by atoms with E-state index in [9.17, 15) is 4.79 Å². The number of amides is 1. The number of methoxy groups -OCH3 is 1. The van der Waals surface area contributed by atoms with Crippen LogP contribution in [0.4, 0.5) is 0 Å². The monoisotopic (exact) mass is 329 g/mol. The third-order valence-electron chi connectivity index (χ3n) is 5.08. The number of nitrogens with zero attached hydrogens (tertiary/aromatic N) is 3. The Labute approximate surface area is 141 Å². The van der Waals surface area contributed by atoms with Gasteiger partial charge < -0.3 is 14.1 Å². The molecule has 1 atom stereocenters. The Hall–Kier alpha value is -2.08. The molecule has 24 heavy (non-hydrogen) atoms. The van der Waals surface area contributed by atoms with Crippen LogP contribution in [0.15, 0.2) is 22.9 Å². The number of furan rings is 1. The molecule has 1 aliphatic heterocycles. The van der Waals surface area contributed by atoms with E-state index >= 15 is 0 Å². The standard InChI is InChI=1S/C18H23N3O3/c1-12-15(6-8-24-12)18(22)20-7-5-14-9-19-21(10-13-3-4-13)17(14)16(20)11-23-2/h6,8-9,13,16H,3-5,7,10-11H2,1-2H3/t16-/m0/s1. The number of aromatic nitrogens is 2. The molecule has 0 unspecified atom stereocenters. The molecular weight excluding hydrogens is 306 g/mol. The van der Waals surface area contributed by atoms with Crippen LogP contribution in [0.5, 0.6) is 0 Å². The number of fused-ring (bicyclic) bond motifs is 1. The van der Waals surface area contributed by atoms with E-state index in [0.717, 1.165) is 24.6 Å². The van der Waals surface area contributed by atoms with Crippen molar-refractivity contribution >= 4 is 5.91 Å². The van der Waals surface area contributed by atoms with Gasteiger partial charge in [-0.05, 0) is 43.7 Å². The van der Waals surface area contributed by atoms with Gasteiger partial charge in [0.1, 0.15) is 5.76 Å². The van der Waals surface area contributed by atoms with Gasteiger partial charge in [-0.15, -0.1) is 0 Å². The minimum Gasteiger partial charge on any atom is -0.469 e. The Morgan fingerprint density at radius 1 is 1.46 bits per heavy atom. The van der Waals surface area contributed by atoms with E-state index in [4.69, 9.17) is 9.15 Å². The summed E-state index contributed by atoms with van der Waals surface area (Å²) in [7, 11) is 1.68. The van der Waals surface area contributed by atoms with Gasteiger partial charge in [0.15, 0.2) is 0 Å². The molecule has 6 heteroatoms. The van der Waals surface area contributed by atoms with Crippen molar-refractivity contribution in [3.63, 3.8) is 0 Å². The lowest BCUT2D eigenvalue weighted by Crippen LogP contribution is -2.43. The Morgan fingerprint density at radius 3 is 2.96 bits per heavy atom. The fraction of sp³-hybridized carbons (Fsp3) is 0.556. The first kappa shape index (κ1) is 15.4. The lowest BCUT2D eigenvalue weighted by atomic mass is 9.99. The average Bonchev–Trinajstić information content (AvgIpc) is 3.14. The second kappa shape index (κ2) is 6.09. The molecular formula is C18H23N3O3. The van der Waals surface area contributed by atoms with Crippen molar-refractivity contribution < 1.29 is 13.9 Å². The molecule has 2 aliphatic rings. The molecule has 2 aromatic heterocycles. The van der Waals surface area contributed by atoms with Gasteiger partial charge in [-0.2, -0.15) is 5.10 Å². The molecule has 1 fully saturated rings. The predicted molar refractivity (Wildman–Crippen MR) is 87.8 cm³/mol. The second-order valence-corrected chi connectivity index (χ2v) is 6.79. The predicted octanol–water partition coefficient (Wildman–Crippen LogP) is 2.58. The molecule has 6 nitrogen and oxygen atoms in total. The van der Waals surface area contributed by atoms with E-state index in [-0.39, 0.29) is 11.9 Å². The van der Waals surface area contributed by atoms with Gasteiger partial charge in [-0.3, -0.25) is 9.48 Å². The van der Waals surface area contributed by atoms with E-state index < -0.39 is 0 Å². The lowest BCUT2D eigenvalue weighted by molar-refractivity contribution is 0.0480. The van der Waals surface area contributed by atoms with Crippen LogP contribution in [0.3, 0.4) is 0 Å². The highest BCUT2D eigenvalue weighted by Gasteiger charge is 2.36. The first-order valence-corrected chi connectivity index (χ1v) is 8.57. The van der Waals surface area contributed by atoms with Gasteiger partial charge in [0.25, 0.3) is 5.91 Å². The number of rotatable bonds is 5. The number of carbonyl (C=O) groups excluding carboxylic acids is 1. The summed E-state index contributed by atoms with van der Waals surface area (Å²) in [6, 6.07) is 1.65. The first-order chi connectivity index (χ1) is 11.7. The van der Waals surface area contributed by atoms with Gasteiger partial charge in [0.05, 0.1) is 36.4 Å². The zero-order valence-electron chi connectivity index (χ0n) is 14.2. The van der Waals surface area contributed by atoms with Gasteiger partial charge in [-0.1, -0.05) is 0 Å². The zero-order chi connectivity index (χ0) is 16.7. The van der Waals surface area contributed by atoms with Gasteiger partial charge in [-0.25, -0.2) is 0 Å². The van der Waals surface area contributed by atoms with Crippen molar-refractivity contribution in [2.45, 2.75) is 38.8 Å². The molecule has 1 saturated carbocycles. The van der Waals surface area contributed by atoms with Crippen LogP contribution < -0.4 is 0 Å². The minimum absolute atomic E-state index is 0.00752. The largest absolute Gasteiger partial charge is 0.469 e. The summed E-state index contributed by atoms with van der Waals surface area (Å²) in [5, 5.41) is 4.59. The highest BCUT2D eigenvalue weighted by atomic mass is 16.5. The molecule has 0 radical (unpaired) electrons. The van der Waals surface area contributed by atoms with Crippen LogP contribution in [0.25, 0.3) is 0 Å². The Morgan fingerprint density at radius 2 is 2.29 bits per heavy atom. The van der Waals surface area contributed by atoms with E-state index in [0.29, 0.717) is 24.5 Å². The van der Waals surface area contributed by atoms with Gasteiger partial charge in [0.2, 0.25) is 0 Å². The maximum absolute atomic E-state index is 13.0. The molecule has 0 saturated heterocycles. The van der Waals surface area contributed by atoms with E-state index in [1.54, 1.807) is 19.4 Å². The summed E-state index contributed by atoms with van der Waals surface area (Å²) in [6.07, 6.45) is 6.93. The summed E-state index contributed by atoms with van der Waals surface area (Å²) in [6.45, 7) is 3.93. The van der Waals surface area contributed by atoms with Crippen LogP contribution in [0, 0.1) is 12.8 Å². The highest BCUT2D eigenvalue weighted by Crippen LogP contribution is 2.35. The van der Waals surface area contributed by atoms with E-state index in [1.165, 1.54) is 18.4 Å². The summed E-state index contributed by atoms with van der Waals surface area (Å²) < 4.78 is 12.9. The molecule has 3 heterocycles. The maximum Gasteiger partial charge on any atom is 0.258 e. The molecule has 0 bridgehead atoms. The van der Waals surface area contributed by atoms with Crippen LogP contribution in [-0.2, 0) is 17.7 Å². The van der Waals surface area contributed by atoms with E-state index in [2.05, 4.69) is 9.78 Å². The normalized spacial score (nSPS) is 20.2. The lowest BCUT2D eigenvalue weighted by Gasteiger charge is -2.36. The van der Waals surface area contributed by atoms with Crippen LogP contribution in [0.1, 0.15) is 46.3 Å². The van der Waals surface area contributed by atoms with Crippen molar-refractivity contribution in [3.8, 4) is 0 Å². The Balaban J connectivity index is 1.67. The third kappa shape index (κ3) is 2.65. The fourth-order valence-electron chi connectivity index (χ4n) is 3.58. The number of ether oxygens (including phenoxy) is 1. The summed E-state index contributed by atoms with van der Waals surface area (Å²) in [5.41, 5.74) is 3.02. The van der Waals surface area contributed by atoms with Gasteiger partial charge >= 0.3 is 0 Å². The first-order valence-electron chi connectivity index (χ1n) is 8.57. The third-order valence-corrected chi connectivity index (χ3v) is 5.08. The maximum atomic E-state index is 13.0. The molecule has 1 aliphatic carbocycles. The van der Waals surface area contributed by atoms with E-state index in [1.807, 2.05) is 18.0 Å². The SMILES string of the molecule is COC[C@H]1c2c(cnn2CC2CC2)CCN1C(=O)c1ccoc1C. The fourth-order valence-corrected chi connectivity index (χ4v) is 3.58. The van der Waals surface area contributed by atoms with Crippen LogP contribution >= 0.6 is 0 Å². The van der Waals surface area contributed by atoms with Crippen molar-refractivity contribution in [1.82, 2.24) is 14.7 Å². The molecule has 4 rings (SSSR count). The van der Waals surface area contributed by atoms with Crippen molar-refractivity contribution in [3.05, 3.63) is 41.1 Å². The minimum atomic E-state index is -0.0956. The average molecular weight is 329 g/mol. The Bertz CT molecular complexity index is 745. The topological polar surface area (TPSA) is 60.5 Å². The summed E-state index contributed by atoms with van der Waals surface area (Å²) in [4.78, 5) is 14.9. The number of aryl methyl sites for hydroxylation is 1. The Kier molecular flexibility index (Phi) is 3.92. The molecule has 0 spiro atoms. The summed E-state index contributed by atoms with van der Waals surface area (Å²) in [5.74, 6) is 1.40. The smallest absolute Gasteiger partial charge is 0.258 e. The van der Waals surface area contributed by atoms with Crippen molar-refractivity contribution in [1.29, 1.82) is 0 Å². The molecule has 128 valence electrons. The molecule has 2 aromatic rings. The molecule has 0 aromatic carbocycles. The number of carbonyl (C=O) groups is 1. The quantitative estimate of drug-likeness (QED) is 0.846. The van der Waals surface area contributed by atoms with Crippen LogP contribution in [-0.4, -0.2) is 40.8 Å².